The molecule has 9 heteroatoms. The molecule has 0 aromatic carbocycles. The van der Waals surface area contributed by atoms with Crippen LogP contribution in [0.15, 0.2) is 24.7 Å². The number of rotatable bonds is 6. The van der Waals surface area contributed by atoms with Crippen LogP contribution in [0, 0.1) is 0 Å². The van der Waals surface area contributed by atoms with Gasteiger partial charge in [-0.1, -0.05) is 0 Å². The lowest BCUT2D eigenvalue weighted by molar-refractivity contribution is 0.0500. The van der Waals surface area contributed by atoms with Crippen LogP contribution in [0.2, 0.25) is 0 Å². The summed E-state index contributed by atoms with van der Waals surface area (Å²) in [6, 6.07) is 1.89. The minimum atomic E-state index is -0.520. The summed E-state index contributed by atoms with van der Waals surface area (Å²) in [6.45, 7) is 8.40. The molecule has 3 N–H and O–H groups in total. The predicted octanol–water partition coefficient (Wildman–Crippen LogP) is 2.67. The molecule has 2 aromatic heterocycles. The van der Waals surface area contributed by atoms with E-state index in [9.17, 15) is 4.79 Å². The highest BCUT2D eigenvalue weighted by atomic mass is 16.6. The van der Waals surface area contributed by atoms with Gasteiger partial charge in [0, 0.05) is 61.5 Å². The molecule has 3 heterocycles. The van der Waals surface area contributed by atoms with Gasteiger partial charge in [0.2, 0.25) is 0 Å². The number of aromatic nitrogens is 3. The Bertz CT molecular complexity index is 861. The standard InChI is InChI=1S/C21H32N6O3/c1-21(2,3)30-20(28)25-16-6-5-7-26(14-16)18-10-19(22)23-12-17(18)15-11-24-27(13-15)8-9-29-4/h10-13,16H,5-9,14H2,1-4H3,(H2,22,23)(H,25,28)/t16-/m0/s1. The Morgan fingerprint density at radius 2 is 2.17 bits per heavy atom. The first-order valence-electron chi connectivity index (χ1n) is 10.3. The van der Waals surface area contributed by atoms with Crippen molar-refractivity contribution < 1.29 is 14.3 Å². The van der Waals surface area contributed by atoms with Crippen molar-refractivity contribution in [3.63, 3.8) is 0 Å². The number of nitrogens with zero attached hydrogens (tertiary/aromatic N) is 4. The number of carbonyl (C=O) groups is 1. The molecule has 1 aliphatic heterocycles. The van der Waals surface area contributed by atoms with Gasteiger partial charge in [0.15, 0.2) is 0 Å². The minimum Gasteiger partial charge on any atom is -0.444 e. The molecule has 164 valence electrons. The van der Waals surface area contributed by atoms with Crippen molar-refractivity contribution in [2.24, 2.45) is 0 Å². The van der Waals surface area contributed by atoms with Crippen LogP contribution in [0.5, 0.6) is 0 Å². The Balaban J connectivity index is 1.77. The molecule has 0 saturated carbocycles. The number of methoxy groups -OCH3 is 1. The van der Waals surface area contributed by atoms with Gasteiger partial charge in [-0.15, -0.1) is 0 Å². The number of piperidine rings is 1. The number of pyridine rings is 1. The van der Waals surface area contributed by atoms with Gasteiger partial charge in [0.25, 0.3) is 0 Å². The molecule has 0 bridgehead atoms. The topological polar surface area (TPSA) is 108 Å². The van der Waals surface area contributed by atoms with E-state index in [1.165, 1.54) is 0 Å². The second-order valence-electron chi connectivity index (χ2n) is 8.54. The molecule has 30 heavy (non-hydrogen) atoms. The van der Waals surface area contributed by atoms with Crippen molar-refractivity contribution in [2.45, 2.75) is 51.8 Å². The van der Waals surface area contributed by atoms with Crippen molar-refractivity contribution >= 4 is 17.6 Å². The summed E-state index contributed by atoms with van der Waals surface area (Å²) in [6.07, 6.45) is 7.06. The van der Waals surface area contributed by atoms with E-state index in [0.29, 0.717) is 25.5 Å². The summed E-state index contributed by atoms with van der Waals surface area (Å²) in [5, 5.41) is 7.41. The molecule has 1 atom stereocenters. The average molecular weight is 417 g/mol. The van der Waals surface area contributed by atoms with Crippen molar-refractivity contribution in [2.75, 3.05) is 37.4 Å². The van der Waals surface area contributed by atoms with Crippen LogP contribution in [-0.4, -0.2) is 59.3 Å². The van der Waals surface area contributed by atoms with Crippen molar-refractivity contribution in [1.82, 2.24) is 20.1 Å². The Labute approximate surface area is 177 Å². The molecule has 1 fully saturated rings. The van der Waals surface area contributed by atoms with Crippen LogP contribution < -0.4 is 16.0 Å². The molecular formula is C21H32N6O3. The van der Waals surface area contributed by atoms with Gasteiger partial charge in [0.05, 0.1) is 19.3 Å². The van der Waals surface area contributed by atoms with Crippen molar-refractivity contribution in [1.29, 1.82) is 0 Å². The summed E-state index contributed by atoms with van der Waals surface area (Å²) < 4.78 is 12.4. The third-order valence-corrected chi connectivity index (χ3v) is 4.85. The highest BCUT2D eigenvalue weighted by Crippen LogP contribution is 2.33. The fourth-order valence-corrected chi connectivity index (χ4v) is 3.54. The molecule has 9 nitrogen and oxygen atoms in total. The fraction of sp³-hybridized carbons (Fsp3) is 0.571. The quantitative estimate of drug-likeness (QED) is 0.745. The smallest absolute Gasteiger partial charge is 0.407 e. The Kier molecular flexibility index (Phi) is 6.81. The SMILES string of the molecule is COCCn1cc(-c2cnc(N)cc2N2CCC[C@H](NC(=O)OC(C)(C)C)C2)cn1. The second kappa shape index (κ2) is 9.34. The van der Waals surface area contributed by atoms with Crippen LogP contribution in [0.3, 0.4) is 0 Å². The van der Waals surface area contributed by atoms with Gasteiger partial charge in [0.1, 0.15) is 11.4 Å². The maximum atomic E-state index is 12.2. The van der Waals surface area contributed by atoms with Crippen LogP contribution in [0.25, 0.3) is 11.1 Å². The van der Waals surface area contributed by atoms with Gasteiger partial charge in [-0.05, 0) is 33.6 Å². The number of nitrogens with one attached hydrogen (secondary N) is 1. The first kappa shape index (κ1) is 21.9. The number of anilines is 2. The van der Waals surface area contributed by atoms with Gasteiger partial charge < -0.3 is 25.4 Å². The Morgan fingerprint density at radius 3 is 2.90 bits per heavy atom. The van der Waals surface area contributed by atoms with E-state index >= 15 is 0 Å². The number of carbonyl (C=O) groups excluding carboxylic acids is 1. The van der Waals surface area contributed by atoms with Crippen LogP contribution in [0.1, 0.15) is 33.6 Å². The van der Waals surface area contributed by atoms with E-state index in [2.05, 4.69) is 20.3 Å². The third-order valence-electron chi connectivity index (χ3n) is 4.85. The number of hydrogen-bond acceptors (Lipinski definition) is 7. The molecule has 1 saturated heterocycles. The molecule has 1 aliphatic rings. The summed E-state index contributed by atoms with van der Waals surface area (Å²) >= 11 is 0. The summed E-state index contributed by atoms with van der Waals surface area (Å²) in [7, 11) is 1.67. The zero-order valence-electron chi connectivity index (χ0n) is 18.2. The molecule has 0 spiro atoms. The summed E-state index contributed by atoms with van der Waals surface area (Å²) in [4.78, 5) is 18.7. The highest BCUT2D eigenvalue weighted by molar-refractivity contribution is 5.79. The van der Waals surface area contributed by atoms with Gasteiger partial charge in [-0.3, -0.25) is 4.68 Å². The summed E-state index contributed by atoms with van der Waals surface area (Å²) in [5.74, 6) is 0.461. The predicted molar refractivity (Wildman–Crippen MR) is 116 cm³/mol. The number of ether oxygens (including phenoxy) is 2. The van der Waals surface area contributed by atoms with Crippen LogP contribution in [-0.2, 0) is 16.0 Å². The second-order valence-corrected chi connectivity index (χ2v) is 8.54. The molecule has 0 radical (unpaired) electrons. The number of nitrogen functional groups attached to an aromatic ring is 1. The van der Waals surface area contributed by atoms with Gasteiger partial charge in [-0.25, -0.2) is 9.78 Å². The highest BCUT2D eigenvalue weighted by Gasteiger charge is 2.26. The normalized spacial score (nSPS) is 17.1. The van der Waals surface area contributed by atoms with E-state index in [-0.39, 0.29) is 12.1 Å². The molecule has 2 aromatic rings. The Morgan fingerprint density at radius 1 is 1.37 bits per heavy atom. The number of nitrogens with two attached hydrogens (primary N) is 1. The number of alkyl carbamates (subject to hydrolysis) is 1. The summed E-state index contributed by atoms with van der Waals surface area (Å²) in [5.41, 5.74) is 8.41. The molecule has 0 aliphatic carbocycles. The molecule has 3 rings (SSSR count). The van der Waals surface area contributed by atoms with E-state index in [1.54, 1.807) is 13.3 Å². The van der Waals surface area contributed by atoms with Crippen LogP contribution >= 0.6 is 0 Å². The molecule has 0 unspecified atom stereocenters. The lowest BCUT2D eigenvalue weighted by Crippen LogP contribution is -2.49. The zero-order valence-corrected chi connectivity index (χ0v) is 18.2. The molecular weight excluding hydrogens is 384 g/mol. The van der Waals surface area contributed by atoms with Gasteiger partial charge in [-0.2, -0.15) is 5.10 Å². The molecule has 1 amide bonds. The van der Waals surface area contributed by atoms with E-state index < -0.39 is 5.60 Å². The largest absolute Gasteiger partial charge is 0.444 e. The van der Waals surface area contributed by atoms with Crippen molar-refractivity contribution in [3.05, 3.63) is 24.7 Å². The lowest BCUT2D eigenvalue weighted by atomic mass is 10.0. The first-order chi connectivity index (χ1) is 14.2. The maximum absolute atomic E-state index is 12.2. The average Bonchev–Trinajstić information content (AvgIpc) is 3.13. The van der Waals surface area contributed by atoms with Gasteiger partial charge >= 0.3 is 6.09 Å². The third kappa shape index (κ3) is 5.85. The number of hydrogen-bond donors (Lipinski definition) is 2. The maximum Gasteiger partial charge on any atom is 0.407 e. The lowest BCUT2D eigenvalue weighted by Gasteiger charge is -2.36. The van der Waals surface area contributed by atoms with E-state index in [0.717, 1.165) is 36.2 Å². The minimum absolute atomic E-state index is 0.000246. The monoisotopic (exact) mass is 416 g/mol. The van der Waals surface area contributed by atoms with E-state index in [1.807, 2.05) is 43.9 Å². The Hall–Kier alpha value is -2.81. The van der Waals surface area contributed by atoms with E-state index in [4.69, 9.17) is 15.2 Å². The van der Waals surface area contributed by atoms with Crippen LogP contribution in [0.4, 0.5) is 16.3 Å². The number of amides is 1. The first-order valence-corrected chi connectivity index (χ1v) is 10.3. The fourth-order valence-electron chi connectivity index (χ4n) is 3.54. The van der Waals surface area contributed by atoms with Crippen molar-refractivity contribution in [3.8, 4) is 11.1 Å². The zero-order chi connectivity index (χ0) is 21.7.